The second-order valence-corrected chi connectivity index (χ2v) is 11.7. The number of sulfonamides is 1. The molecule has 2 atom stereocenters. The first-order valence-corrected chi connectivity index (χ1v) is 14.4. The van der Waals surface area contributed by atoms with Crippen LogP contribution in [-0.2, 0) is 26.2 Å². The molecule has 0 radical (unpaired) electrons. The van der Waals surface area contributed by atoms with E-state index >= 15 is 0 Å². The molecule has 0 spiro atoms. The lowest BCUT2D eigenvalue weighted by molar-refractivity contribution is -0.139. The molecule has 3 aromatic rings. The van der Waals surface area contributed by atoms with Gasteiger partial charge in [-0.15, -0.1) is 0 Å². The maximum atomic E-state index is 13.9. The third kappa shape index (κ3) is 7.66. The summed E-state index contributed by atoms with van der Waals surface area (Å²) in [5.74, 6) is -1.43. The van der Waals surface area contributed by atoms with Crippen molar-refractivity contribution < 1.29 is 22.4 Å². The Labute approximate surface area is 230 Å². The van der Waals surface area contributed by atoms with Gasteiger partial charge < -0.3 is 10.2 Å². The summed E-state index contributed by atoms with van der Waals surface area (Å²) in [5.41, 5.74) is 2.86. The number of nitrogens with zero attached hydrogens (tertiary/aromatic N) is 2. The third-order valence-electron chi connectivity index (χ3n) is 6.64. The van der Waals surface area contributed by atoms with Crippen LogP contribution in [0.3, 0.4) is 0 Å². The normalized spacial score (nSPS) is 12.9. The largest absolute Gasteiger partial charge is 0.352 e. The Morgan fingerprint density at radius 2 is 1.41 bits per heavy atom. The van der Waals surface area contributed by atoms with Crippen LogP contribution in [0.25, 0.3) is 0 Å². The van der Waals surface area contributed by atoms with Gasteiger partial charge in [-0.05, 0) is 76.1 Å². The van der Waals surface area contributed by atoms with E-state index in [0.717, 1.165) is 39.5 Å². The van der Waals surface area contributed by atoms with Gasteiger partial charge in [0.1, 0.15) is 18.4 Å². The van der Waals surface area contributed by atoms with Crippen molar-refractivity contribution >= 4 is 27.5 Å². The molecule has 0 saturated heterocycles. The van der Waals surface area contributed by atoms with Crippen LogP contribution >= 0.6 is 0 Å². The fraction of sp³-hybridized carbons (Fsp3) is 0.333. The number of benzene rings is 3. The van der Waals surface area contributed by atoms with Crippen LogP contribution in [0, 0.1) is 19.7 Å². The zero-order valence-electron chi connectivity index (χ0n) is 23.0. The van der Waals surface area contributed by atoms with Crippen LogP contribution in [0.15, 0.2) is 77.7 Å². The van der Waals surface area contributed by atoms with Crippen molar-refractivity contribution in [3.05, 3.63) is 95.3 Å². The quantitative estimate of drug-likeness (QED) is 0.363. The summed E-state index contributed by atoms with van der Waals surface area (Å²) < 4.78 is 42.2. The molecule has 39 heavy (non-hydrogen) atoms. The first-order valence-electron chi connectivity index (χ1n) is 12.9. The molecule has 0 unspecified atom stereocenters. The van der Waals surface area contributed by atoms with Gasteiger partial charge in [-0.25, -0.2) is 12.8 Å². The van der Waals surface area contributed by atoms with Gasteiger partial charge in [0, 0.05) is 12.6 Å². The summed E-state index contributed by atoms with van der Waals surface area (Å²) in [6.07, 6.45) is 0.720. The number of amides is 2. The lowest BCUT2D eigenvalue weighted by Crippen LogP contribution is -2.52. The molecular formula is C30H36FN3O4S. The number of aryl methyl sites for hydroxylation is 2. The summed E-state index contributed by atoms with van der Waals surface area (Å²) in [5, 5.41) is 2.91. The number of carbonyl (C=O) groups excluding carboxylic acids is 2. The van der Waals surface area contributed by atoms with Gasteiger partial charge in [-0.3, -0.25) is 13.9 Å². The van der Waals surface area contributed by atoms with Crippen LogP contribution in [-0.4, -0.2) is 43.8 Å². The topological polar surface area (TPSA) is 86.8 Å². The molecule has 208 valence electrons. The van der Waals surface area contributed by atoms with Crippen LogP contribution in [0.2, 0.25) is 0 Å². The van der Waals surface area contributed by atoms with E-state index < -0.39 is 34.3 Å². The summed E-state index contributed by atoms with van der Waals surface area (Å²) in [6.45, 7) is 8.77. The second kappa shape index (κ2) is 12.9. The van der Waals surface area contributed by atoms with E-state index in [0.29, 0.717) is 0 Å². The molecule has 0 heterocycles. The molecule has 0 bridgehead atoms. The van der Waals surface area contributed by atoms with Crippen LogP contribution in [0.1, 0.15) is 43.9 Å². The molecule has 0 aliphatic carbocycles. The standard InChI is InChI=1S/C30H36FN3O4S/c1-6-23(4)32-30(36)24(5)33(19-25-11-7-21(2)8-12-25)29(35)20-34(27-15-13-26(31)14-16-27)39(37,38)28-17-9-22(3)10-18-28/h7-18,23-24H,6,19-20H2,1-5H3,(H,32,36)/t23-,24-/m0/s1. The highest BCUT2D eigenvalue weighted by molar-refractivity contribution is 7.92. The molecule has 0 aromatic heterocycles. The molecule has 2 amide bonds. The number of carbonyl (C=O) groups is 2. The maximum absolute atomic E-state index is 13.9. The first kappa shape index (κ1) is 29.8. The molecule has 0 aliphatic rings. The van der Waals surface area contributed by atoms with E-state index in [9.17, 15) is 22.4 Å². The van der Waals surface area contributed by atoms with E-state index in [1.165, 1.54) is 29.2 Å². The number of rotatable bonds is 11. The molecule has 0 fully saturated rings. The Bertz CT molecular complexity index is 1380. The number of anilines is 1. The van der Waals surface area contributed by atoms with Crippen molar-refractivity contribution in [2.24, 2.45) is 0 Å². The molecule has 3 aromatic carbocycles. The van der Waals surface area contributed by atoms with Crippen molar-refractivity contribution in [2.75, 3.05) is 10.8 Å². The lowest BCUT2D eigenvalue weighted by atomic mass is 10.1. The minimum atomic E-state index is -4.20. The Morgan fingerprint density at radius 3 is 1.95 bits per heavy atom. The van der Waals surface area contributed by atoms with Gasteiger partial charge in [-0.2, -0.15) is 0 Å². The van der Waals surface area contributed by atoms with E-state index in [4.69, 9.17) is 0 Å². The van der Waals surface area contributed by atoms with Gasteiger partial charge >= 0.3 is 0 Å². The predicted octanol–water partition coefficient (Wildman–Crippen LogP) is 4.97. The van der Waals surface area contributed by atoms with Crippen LogP contribution in [0.5, 0.6) is 0 Å². The summed E-state index contributed by atoms with van der Waals surface area (Å²) >= 11 is 0. The fourth-order valence-electron chi connectivity index (χ4n) is 3.91. The van der Waals surface area contributed by atoms with E-state index in [1.807, 2.05) is 52.0 Å². The van der Waals surface area contributed by atoms with Crippen molar-refractivity contribution in [1.29, 1.82) is 0 Å². The van der Waals surface area contributed by atoms with Crippen molar-refractivity contribution in [2.45, 2.75) is 64.6 Å². The Balaban J connectivity index is 2.01. The highest BCUT2D eigenvalue weighted by Gasteiger charge is 2.32. The van der Waals surface area contributed by atoms with Gasteiger partial charge in [0.15, 0.2) is 0 Å². The second-order valence-electron chi connectivity index (χ2n) is 9.80. The van der Waals surface area contributed by atoms with Gasteiger partial charge in [0.05, 0.1) is 10.6 Å². The van der Waals surface area contributed by atoms with Gasteiger partial charge in [0.2, 0.25) is 11.8 Å². The molecular weight excluding hydrogens is 517 g/mol. The summed E-state index contributed by atoms with van der Waals surface area (Å²) in [4.78, 5) is 28.3. The minimum absolute atomic E-state index is 0.00197. The zero-order valence-corrected chi connectivity index (χ0v) is 23.8. The monoisotopic (exact) mass is 553 g/mol. The van der Waals surface area contributed by atoms with Crippen LogP contribution < -0.4 is 9.62 Å². The van der Waals surface area contributed by atoms with Crippen molar-refractivity contribution in [3.8, 4) is 0 Å². The minimum Gasteiger partial charge on any atom is -0.352 e. The fourth-order valence-corrected chi connectivity index (χ4v) is 5.33. The molecule has 1 N–H and O–H groups in total. The Kier molecular flexibility index (Phi) is 9.86. The number of hydrogen-bond acceptors (Lipinski definition) is 4. The first-order chi connectivity index (χ1) is 18.4. The van der Waals surface area contributed by atoms with Crippen LogP contribution in [0.4, 0.5) is 10.1 Å². The smallest absolute Gasteiger partial charge is 0.264 e. The highest BCUT2D eigenvalue weighted by Crippen LogP contribution is 2.25. The van der Waals surface area contributed by atoms with Gasteiger partial charge in [0.25, 0.3) is 10.0 Å². The molecule has 9 heteroatoms. The van der Waals surface area contributed by atoms with E-state index in [1.54, 1.807) is 19.1 Å². The molecule has 0 saturated carbocycles. The number of hydrogen-bond donors (Lipinski definition) is 1. The molecule has 3 rings (SSSR count). The van der Waals surface area contributed by atoms with E-state index in [-0.39, 0.29) is 29.1 Å². The summed E-state index contributed by atoms with van der Waals surface area (Å²) in [6, 6.07) is 17.8. The van der Waals surface area contributed by atoms with Crippen molar-refractivity contribution in [1.82, 2.24) is 10.2 Å². The summed E-state index contributed by atoms with van der Waals surface area (Å²) in [7, 11) is -4.20. The third-order valence-corrected chi connectivity index (χ3v) is 8.43. The molecule has 0 aliphatic heterocycles. The number of nitrogens with one attached hydrogen (secondary N) is 1. The highest BCUT2D eigenvalue weighted by atomic mass is 32.2. The maximum Gasteiger partial charge on any atom is 0.264 e. The lowest BCUT2D eigenvalue weighted by Gasteiger charge is -2.32. The molecule has 7 nitrogen and oxygen atoms in total. The van der Waals surface area contributed by atoms with Crippen molar-refractivity contribution in [3.63, 3.8) is 0 Å². The SMILES string of the molecule is CC[C@H](C)NC(=O)[C@H](C)N(Cc1ccc(C)cc1)C(=O)CN(c1ccc(F)cc1)S(=O)(=O)c1ccc(C)cc1. The Morgan fingerprint density at radius 1 is 0.872 bits per heavy atom. The predicted molar refractivity (Wildman–Crippen MR) is 151 cm³/mol. The number of halogens is 1. The average molecular weight is 554 g/mol. The van der Waals surface area contributed by atoms with E-state index in [2.05, 4.69) is 5.32 Å². The Hall–Kier alpha value is -3.72. The van der Waals surface area contributed by atoms with Gasteiger partial charge in [-0.1, -0.05) is 54.4 Å². The average Bonchev–Trinajstić information content (AvgIpc) is 2.91. The zero-order chi connectivity index (χ0) is 28.7.